The highest BCUT2D eigenvalue weighted by molar-refractivity contribution is 5.83. The quantitative estimate of drug-likeness (QED) is 0.577. The SMILES string of the molecule is CC1CCCCC1CN=C(N)C1CCCC1. The number of aliphatic imine (C=N–C) groups is 1. The zero-order chi connectivity index (χ0) is 11.4. The van der Waals surface area contributed by atoms with Gasteiger partial charge in [-0.15, -0.1) is 0 Å². The Bertz CT molecular complexity index is 241. The summed E-state index contributed by atoms with van der Waals surface area (Å²) in [5.74, 6) is 3.22. The van der Waals surface area contributed by atoms with Crippen LogP contribution < -0.4 is 5.73 Å². The van der Waals surface area contributed by atoms with Gasteiger partial charge >= 0.3 is 0 Å². The first-order valence-corrected chi connectivity index (χ1v) is 7.07. The standard InChI is InChI=1S/C14H26N2/c1-11-6-2-3-9-13(11)10-16-14(15)12-7-4-5-8-12/h11-13H,2-10H2,1H3,(H2,15,16). The van der Waals surface area contributed by atoms with Crippen molar-refractivity contribution in [1.29, 1.82) is 0 Å². The molecule has 0 bridgehead atoms. The maximum Gasteiger partial charge on any atom is 0.0968 e. The molecule has 2 saturated carbocycles. The Hall–Kier alpha value is -0.530. The van der Waals surface area contributed by atoms with Crippen molar-refractivity contribution in [3.05, 3.63) is 0 Å². The maximum absolute atomic E-state index is 6.09. The minimum absolute atomic E-state index is 0.610. The molecule has 92 valence electrons. The molecule has 16 heavy (non-hydrogen) atoms. The van der Waals surface area contributed by atoms with Gasteiger partial charge in [0.05, 0.1) is 5.84 Å². The van der Waals surface area contributed by atoms with E-state index in [9.17, 15) is 0 Å². The van der Waals surface area contributed by atoms with E-state index in [1.165, 1.54) is 51.4 Å². The van der Waals surface area contributed by atoms with Crippen LogP contribution in [-0.4, -0.2) is 12.4 Å². The van der Waals surface area contributed by atoms with Crippen LogP contribution in [0.4, 0.5) is 0 Å². The van der Waals surface area contributed by atoms with E-state index in [1.807, 2.05) is 0 Å². The molecule has 2 aliphatic carbocycles. The molecule has 2 atom stereocenters. The fraction of sp³-hybridized carbons (Fsp3) is 0.929. The largest absolute Gasteiger partial charge is 0.387 e. The molecule has 2 N–H and O–H groups in total. The molecule has 2 unspecified atom stereocenters. The fourth-order valence-corrected chi connectivity index (χ4v) is 3.24. The van der Waals surface area contributed by atoms with Crippen LogP contribution in [-0.2, 0) is 0 Å². The minimum atomic E-state index is 0.610. The first-order valence-electron chi connectivity index (χ1n) is 7.07. The summed E-state index contributed by atoms with van der Waals surface area (Å²) in [4.78, 5) is 4.67. The molecule has 0 aromatic carbocycles. The summed E-state index contributed by atoms with van der Waals surface area (Å²) in [7, 11) is 0. The van der Waals surface area contributed by atoms with E-state index in [0.29, 0.717) is 5.92 Å². The van der Waals surface area contributed by atoms with Crippen LogP contribution in [0.15, 0.2) is 4.99 Å². The van der Waals surface area contributed by atoms with Crippen LogP contribution in [0.2, 0.25) is 0 Å². The van der Waals surface area contributed by atoms with Gasteiger partial charge in [0.25, 0.3) is 0 Å². The van der Waals surface area contributed by atoms with Crippen LogP contribution in [0, 0.1) is 17.8 Å². The lowest BCUT2D eigenvalue weighted by Crippen LogP contribution is -2.25. The molecule has 0 aromatic heterocycles. The highest BCUT2D eigenvalue weighted by Crippen LogP contribution is 2.30. The van der Waals surface area contributed by atoms with E-state index >= 15 is 0 Å². The molecule has 0 aromatic rings. The third kappa shape index (κ3) is 2.99. The summed E-state index contributed by atoms with van der Waals surface area (Å²) in [5.41, 5.74) is 6.09. The first kappa shape index (κ1) is 11.9. The van der Waals surface area contributed by atoms with Crippen LogP contribution >= 0.6 is 0 Å². The van der Waals surface area contributed by atoms with Crippen molar-refractivity contribution in [3.8, 4) is 0 Å². The van der Waals surface area contributed by atoms with E-state index in [-0.39, 0.29) is 0 Å². The van der Waals surface area contributed by atoms with Crippen molar-refractivity contribution in [2.24, 2.45) is 28.5 Å². The smallest absolute Gasteiger partial charge is 0.0968 e. The summed E-state index contributed by atoms with van der Waals surface area (Å²) >= 11 is 0. The van der Waals surface area contributed by atoms with Gasteiger partial charge in [0.1, 0.15) is 0 Å². The molecule has 0 saturated heterocycles. The molecule has 0 radical (unpaired) electrons. The Labute approximate surface area is 99.7 Å². The number of rotatable bonds is 3. The van der Waals surface area contributed by atoms with Crippen molar-refractivity contribution in [3.63, 3.8) is 0 Å². The van der Waals surface area contributed by atoms with Gasteiger partial charge in [-0.25, -0.2) is 0 Å². The van der Waals surface area contributed by atoms with Gasteiger partial charge in [-0.05, 0) is 31.1 Å². The molecule has 0 aliphatic heterocycles. The van der Waals surface area contributed by atoms with Crippen molar-refractivity contribution >= 4 is 5.84 Å². The zero-order valence-corrected chi connectivity index (χ0v) is 10.6. The second-order valence-corrected chi connectivity index (χ2v) is 5.77. The van der Waals surface area contributed by atoms with Gasteiger partial charge in [0, 0.05) is 12.5 Å². The molecule has 0 spiro atoms. The average molecular weight is 222 g/mol. The summed E-state index contributed by atoms with van der Waals surface area (Å²) in [6.07, 6.45) is 10.8. The third-order valence-corrected chi connectivity index (χ3v) is 4.57. The van der Waals surface area contributed by atoms with Gasteiger partial charge in [-0.2, -0.15) is 0 Å². The first-order chi connectivity index (χ1) is 7.77. The topological polar surface area (TPSA) is 38.4 Å². The molecule has 2 rings (SSSR count). The fourth-order valence-electron chi connectivity index (χ4n) is 3.24. The van der Waals surface area contributed by atoms with Gasteiger partial charge in [0.2, 0.25) is 0 Å². The highest BCUT2D eigenvalue weighted by atomic mass is 14.9. The lowest BCUT2D eigenvalue weighted by Gasteiger charge is -2.27. The van der Waals surface area contributed by atoms with Crippen LogP contribution in [0.1, 0.15) is 58.3 Å². The summed E-state index contributed by atoms with van der Waals surface area (Å²) in [6, 6.07) is 0. The maximum atomic E-state index is 6.09. The van der Waals surface area contributed by atoms with E-state index in [0.717, 1.165) is 24.2 Å². The molecule has 2 fully saturated rings. The summed E-state index contributed by atoms with van der Waals surface area (Å²) in [5, 5.41) is 0. The van der Waals surface area contributed by atoms with Gasteiger partial charge in [0.15, 0.2) is 0 Å². The summed E-state index contributed by atoms with van der Waals surface area (Å²) < 4.78 is 0. The third-order valence-electron chi connectivity index (χ3n) is 4.57. The monoisotopic (exact) mass is 222 g/mol. The molecular weight excluding hydrogens is 196 g/mol. The van der Waals surface area contributed by atoms with Crippen molar-refractivity contribution in [2.75, 3.05) is 6.54 Å². The predicted molar refractivity (Wildman–Crippen MR) is 69.6 cm³/mol. The van der Waals surface area contributed by atoms with Gasteiger partial charge in [-0.1, -0.05) is 39.0 Å². The molecule has 2 aliphatic rings. The number of amidine groups is 1. The van der Waals surface area contributed by atoms with E-state index in [2.05, 4.69) is 11.9 Å². The normalized spacial score (nSPS) is 33.2. The highest BCUT2D eigenvalue weighted by Gasteiger charge is 2.22. The second kappa shape index (κ2) is 5.70. The Morgan fingerprint density at radius 1 is 1.06 bits per heavy atom. The molecule has 0 amide bonds. The van der Waals surface area contributed by atoms with Crippen LogP contribution in [0.5, 0.6) is 0 Å². The zero-order valence-electron chi connectivity index (χ0n) is 10.6. The van der Waals surface area contributed by atoms with Crippen molar-refractivity contribution in [1.82, 2.24) is 0 Å². The van der Waals surface area contributed by atoms with Gasteiger partial charge in [-0.3, -0.25) is 4.99 Å². The summed E-state index contributed by atoms with van der Waals surface area (Å²) in [6.45, 7) is 3.37. The van der Waals surface area contributed by atoms with E-state index in [4.69, 9.17) is 5.73 Å². The molecule has 0 heterocycles. The molecule has 2 heteroatoms. The van der Waals surface area contributed by atoms with Crippen molar-refractivity contribution in [2.45, 2.75) is 58.3 Å². The predicted octanol–water partition coefficient (Wildman–Crippen LogP) is 3.36. The second-order valence-electron chi connectivity index (χ2n) is 5.77. The lowest BCUT2D eigenvalue weighted by atomic mass is 9.80. The average Bonchev–Trinajstić information content (AvgIpc) is 2.81. The lowest BCUT2D eigenvalue weighted by molar-refractivity contribution is 0.263. The number of nitrogens with two attached hydrogens (primary N) is 1. The number of nitrogens with zero attached hydrogens (tertiary/aromatic N) is 1. The van der Waals surface area contributed by atoms with Gasteiger partial charge < -0.3 is 5.73 Å². The number of hydrogen-bond acceptors (Lipinski definition) is 1. The molecular formula is C14H26N2. The Morgan fingerprint density at radius 2 is 1.69 bits per heavy atom. The minimum Gasteiger partial charge on any atom is -0.387 e. The van der Waals surface area contributed by atoms with Crippen LogP contribution in [0.3, 0.4) is 0 Å². The Kier molecular flexibility index (Phi) is 4.25. The van der Waals surface area contributed by atoms with E-state index < -0.39 is 0 Å². The Balaban J connectivity index is 1.81. The van der Waals surface area contributed by atoms with Crippen LogP contribution in [0.25, 0.3) is 0 Å². The molecule has 2 nitrogen and oxygen atoms in total. The van der Waals surface area contributed by atoms with E-state index in [1.54, 1.807) is 0 Å². The Morgan fingerprint density at radius 3 is 2.38 bits per heavy atom. The number of hydrogen-bond donors (Lipinski definition) is 1. The van der Waals surface area contributed by atoms with Crippen molar-refractivity contribution < 1.29 is 0 Å².